The summed E-state index contributed by atoms with van der Waals surface area (Å²) in [6, 6.07) is 10.6. The highest BCUT2D eigenvalue weighted by Gasteiger charge is 2.24. The molecule has 1 aromatic carbocycles. The molecular weight excluding hydrogens is 346 g/mol. The lowest BCUT2D eigenvalue weighted by atomic mass is 10.1. The van der Waals surface area contributed by atoms with Crippen LogP contribution in [0.25, 0.3) is 0 Å². The van der Waals surface area contributed by atoms with E-state index in [4.69, 9.17) is 0 Å². The number of carbonyl (C=O) groups is 1. The molecule has 2 aliphatic heterocycles. The fourth-order valence-corrected chi connectivity index (χ4v) is 4.40. The lowest BCUT2D eigenvalue weighted by Crippen LogP contribution is -2.45. The molecule has 1 amide bonds. The first-order valence-electron chi connectivity index (χ1n) is 9.26. The highest BCUT2D eigenvalue weighted by Crippen LogP contribution is 2.28. The van der Waals surface area contributed by atoms with Gasteiger partial charge in [0.2, 0.25) is 5.91 Å². The van der Waals surface area contributed by atoms with Crippen molar-refractivity contribution in [1.29, 1.82) is 0 Å². The molecule has 7 heteroatoms. The van der Waals surface area contributed by atoms with Crippen molar-refractivity contribution in [1.82, 2.24) is 15.2 Å². The van der Waals surface area contributed by atoms with Crippen LogP contribution in [0.15, 0.2) is 36.5 Å². The van der Waals surface area contributed by atoms with E-state index in [0.717, 1.165) is 57.2 Å². The number of nitrogens with one attached hydrogen (secondary N) is 2. The third kappa shape index (κ3) is 4.23. The van der Waals surface area contributed by atoms with E-state index in [0.29, 0.717) is 5.13 Å². The second-order valence-electron chi connectivity index (χ2n) is 6.93. The molecule has 2 fully saturated rings. The fraction of sp³-hybridized carbons (Fsp3) is 0.474. The van der Waals surface area contributed by atoms with Crippen molar-refractivity contribution in [2.24, 2.45) is 5.92 Å². The van der Waals surface area contributed by atoms with Crippen molar-refractivity contribution in [3.8, 4) is 0 Å². The second kappa shape index (κ2) is 8.16. The number of anilines is 2. The van der Waals surface area contributed by atoms with Crippen molar-refractivity contribution >= 4 is 27.4 Å². The maximum Gasteiger partial charge on any atom is 0.230 e. The summed E-state index contributed by atoms with van der Waals surface area (Å²) in [7, 11) is 0. The van der Waals surface area contributed by atoms with E-state index < -0.39 is 0 Å². The van der Waals surface area contributed by atoms with Gasteiger partial charge in [0.05, 0.1) is 12.1 Å². The number of amides is 1. The molecule has 6 nitrogen and oxygen atoms in total. The highest BCUT2D eigenvalue weighted by molar-refractivity contribution is 7.19. The fourth-order valence-electron chi connectivity index (χ4n) is 3.52. The average Bonchev–Trinajstić information content (AvgIpc) is 3.35. The number of hydrogen-bond donors (Lipinski definition) is 2. The summed E-state index contributed by atoms with van der Waals surface area (Å²) in [5.41, 5.74) is 1.37. The molecule has 2 aromatic rings. The number of benzene rings is 1. The van der Waals surface area contributed by atoms with E-state index in [2.05, 4.69) is 55.7 Å². The SMILES string of the molecule is O=C(Nc1ncc(N2CCN(Cc3ccccc3)CC2)s1)[C@H]1CCNC1. The van der Waals surface area contributed by atoms with Gasteiger partial charge in [-0.1, -0.05) is 41.7 Å². The number of aromatic nitrogens is 1. The van der Waals surface area contributed by atoms with Crippen molar-refractivity contribution in [2.45, 2.75) is 13.0 Å². The first kappa shape index (κ1) is 17.5. The molecular formula is C19H25N5OS. The Labute approximate surface area is 158 Å². The third-order valence-corrected chi connectivity index (χ3v) is 6.06. The zero-order chi connectivity index (χ0) is 17.8. The molecule has 0 bridgehead atoms. The molecule has 2 aliphatic rings. The summed E-state index contributed by atoms with van der Waals surface area (Å²) in [5.74, 6) is 0.160. The smallest absolute Gasteiger partial charge is 0.230 e. The molecule has 138 valence electrons. The summed E-state index contributed by atoms with van der Waals surface area (Å²) in [6.07, 6.45) is 2.80. The molecule has 3 heterocycles. The summed E-state index contributed by atoms with van der Waals surface area (Å²) < 4.78 is 0. The molecule has 1 aromatic heterocycles. The first-order chi connectivity index (χ1) is 12.8. The van der Waals surface area contributed by atoms with Crippen molar-refractivity contribution in [2.75, 3.05) is 49.5 Å². The van der Waals surface area contributed by atoms with Gasteiger partial charge in [0, 0.05) is 39.3 Å². The molecule has 0 saturated carbocycles. The summed E-state index contributed by atoms with van der Waals surface area (Å²) in [6.45, 7) is 6.78. The molecule has 4 rings (SSSR count). The number of rotatable bonds is 5. The van der Waals surface area contributed by atoms with E-state index in [1.165, 1.54) is 5.56 Å². The number of hydrogen-bond acceptors (Lipinski definition) is 6. The largest absolute Gasteiger partial charge is 0.360 e. The van der Waals surface area contributed by atoms with E-state index in [9.17, 15) is 4.79 Å². The molecule has 0 spiro atoms. The molecule has 2 N–H and O–H groups in total. The Balaban J connectivity index is 1.28. The van der Waals surface area contributed by atoms with Crippen LogP contribution in [0.2, 0.25) is 0 Å². The quantitative estimate of drug-likeness (QED) is 0.842. The van der Waals surface area contributed by atoms with Crippen LogP contribution in [-0.2, 0) is 11.3 Å². The molecule has 0 aliphatic carbocycles. The van der Waals surface area contributed by atoms with Crippen molar-refractivity contribution < 1.29 is 4.79 Å². The Morgan fingerprint density at radius 2 is 2.04 bits per heavy atom. The van der Waals surface area contributed by atoms with E-state index in [-0.39, 0.29) is 11.8 Å². The monoisotopic (exact) mass is 371 g/mol. The Kier molecular flexibility index (Phi) is 5.48. The maximum atomic E-state index is 12.2. The zero-order valence-corrected chi connectivity index (χ0v) is 15.7. The maximum absolute atomic E-state index is 12.2. The molecule has 1 atom stereocenters. The van der Waals surface area contributed by atoms with E-state index >= 15 is 0 Å². The Hall–Kier alpha value is -1.96. The number of carbonyl (C=O) groups excluding carboxylic acids is 1. The molecule has 0 radical (unpaired) electrons. The van der Waals surface area contributed by atoms with Gasteiger partial charge in [-0.05, 0) is 18.5 Å². The minimum absolute atomic E-state index is 0.0730. The number of thiazole rings is 1. The van der Waals surface area contributed by atoms with Crippen molar-refractivity contribution in [3.05, 3.63) is 42.1 Å². The van der Waals surface area contributed by atoms with Crippen LogP contribution in [0.4, 0.5) is 10.1 Å². The predicted molar refractivity (Wildman–Crippen MR) is 106 cm³/mol. The lowest BCUT2D eigenvalue weighted by Gasteiger charge is -2.35. The van der Waals surface area contributed by atoms with Gasteiger partial charge in [-0.15, -0.1) is 0 Å². The van der Waals surface area contributed by atoms with Gasteiger partial charge in [-0.3, -0.25) is 9.69 Å². The summed E-state index contributed by atoms with van der Waals surface area (Å²) >= 11 is 1.58. The van der Waals surface area contributed by atoms with Gasteiger partial charge >= 0.3 is 0 Å². The van der Waals surface area contributed by atoms with Crippen LogP contribution in [0.5, 0.6) is 0 Å². The zero-order valence-electron chi connectivity index (χ0n) is 14.9. The summed E-state index contributed by atoms with van der Waals surface area (Å²) in [5, 5.41) is 8.06. The van der Waals surface area contributed by atoms with Gasteiger partial charge in [0.1, 0.15) is 5.00 Å². The van der Waals surface area contributed by atoms with E-state index in [1.807, 2.05) is 6.20 Å². The van der Waals surface area contributed by atoms with Gasteiger partial charge in [0.15, 0.2) is 5.13 Å². The van der Waals surface area contributed by atoms with Gasteiger partial charge in [0.25, 0.3) is 0 Å². The second-order valence-corrected chi connectivity index (χ2v) is 7.94. The van der Waals surface area contributed by atoms with Gasteiger partial charge < -0.3 is 15.5 Å². The number of nitrogens with zero attached hydrogens (tertiary/aromatic N) is 3. The Bertz CT molecular complexity index is 721. The normalized spacial score (nSPS) is 21.1. The van der Waals surface area contributed by atoms with Crippen molar-refractivity contribution in [3.63, 3.8) is 0 Å². The topological polar surface area (TPSA) is 60.5 Å². The minimum atomic E-state index is 0.0730. The standard InChI is InChI=1S/C19H25N5OS/c25-18(16-6-7-20-12-16)22-19-21-13-17(26-19)24-10-8-23(9-11-24)14-15-4-2-1-3-5-15/h1-5,13,16,20H,6-12,14H2,(H,21,22,25)/t16-/m0/s1. The average molecular weight is 372 g/mol. The lowest BCUT2D eigenvalue weighted by molar-refractivity contribution is -0.119. The summed E-state index contributed by atoms with van der Waals surface area (Å²) in [4.78, 5) is 21.5. The third-order valence-electron chi connectivity index (χ3n) is 5.09. The highest BCUT2D eigenvalue weighted by atomic mass is 32.1. The molecule has 26 heavy (non-hydrogen) atoms. The van der Waals surface area contributed by atoms with Crippen LogP contribution < -0.4 is 15.5 Å². The van der Waals surface area contributed by atoms with Gasteiger partial charge in [-0.25, -0.2) is 4.98 Å². The van der Waals surface area contributed by atoms with Gasteiger partial charge in [-0.2, -0.15) is 0 Å². The van der Waals surface area contributed by atoms with Crippen LogP contribution >= 0.6 is 11.3 Å². The molecule has 2 saturated heterocycles. The predicted octanol–water partition coefficient (Wildman–Crippen LogP) is 2.01. The Morgan fingerprint density at radius 1 is 1.23 bits per heavy atom. The van der Waals surface area contributed by atoms with Crippen LogP contribution in [0, 0.1) is 5.92 Å². The van der Waals surface area contributed by atoms with Crippen LogP contribution in [0.3, 0.4) is 0 Å². The van der Waals surface area contributed by atoms with Crippen LogP contribution in [0.1, 0.15) is 12.0 Å². The minimum Gasteiger partial charge on any atom is -0.360 e. The Morgan fingerprint density at radius 3 is 2.77 bits per heavy atom. The first-order valence-corrected chi connectivity index (χ1v) is 10.1. The number of piperazine rings is 1. The van der Waals surface area contributed by atoms with Crippen LogP contribution in [-0.4, -0.2) is 55.1 Å². The molecule has 0 unspecified atom stereocenters. The van der Waals surface area contributed by atoms with E-state index in [1.54, 1.807) is 11.3 Å².